The van der Waals surface area contributed by atoms with E-state index in [0.717, 1.165) is 17.2 Å². The molecule has 1 aliphatic heterocycles. The summed E-state index contributed by atoms with van der Waals surface area (Å²) in [6.07, 6.45) is 0. The maximum Gasteiger partial charge on any atom is 0.237 e. The van der Waals surface area contributed by atoms with E-state index in [1.165, 1.54) is 41.6 Å². The van der Waals surface area contributed by atoms with Crippen LogP contribution in [0.25, 0.3) is 0 Å². The molecule has 0 spiro atoms. The number of anilines is 2. The van der Waals surface area contributed by atoms with Gasteiger partial charge in [-0.2, -0.15) is 0 Å². The summed E-state index contributed by atoms with van der Waals surface area (Å²) in [7, 11) is 0. The first-order valence-corrected chi connectivity index (χ1v) is 12.0. The van der Waals surface area contributed by atoms with Gasteiger partial charge in [0.05, 0.1) is 15.6 Å². The highest BCUT2D eigenvalue weighted by Gasteiger charge is 2.19. The van der Waals surface area contributed by atoms with E-state index in [1.54, 1.807) is 6.92 Å². The summed E-state index contributed by atoms with van der Waals surface area (Å²) in [5.74, 6) is 1.73. The van der Waals surface area contributed by atoms with E-state index in [-0.39, 0.29) is 28.6 Å². The van der Waals surface area contributed by atoms with Gasteiger partial charge in [-0.15, -0.1) is 35.3 Å². The van der Waals surface area contributed by atoms with Crippen LogP contribution < -0.4 is 10.6 Å². The molecule has 2 aromatic rings. The zero-order valence-electron chi connectivity index (χ0n) is 15.3. The molecular formula is C20H21FN2O2S3. The van der Waals surface area contributed by atoms with E-state index in [1.807, 2.05) is 41.7 Å². The Bertz CT molecular complexity index is 826. The molecule has 3 rings (SSSR count). The molecule has 1 aliphatic rings. The number of thioether (sulfide) groups is 3. The molecule has 1 heterocycles. The van der Waals surface area contributed by atoms with Gasteiger partial charge in [0.1, 0.15) is 5.82 Å². The smallest absolute Gasteiger partial charge is 0.237 e. The standard InChI is InChI=1S/C20H21FN2O2S3/c1-13(28-12-18(24)22-16-7-5-15(21)6-8-16)19(25)23-17-4-2-3-14(11-17)20-26-9-10-27-20/h2-8,11,13,20H,9-10,12H2,1H3,(H,22,24)(H,23,25). The monoisotopic (exact) mass is 436 g/mol. The molecule has 4 nitrogen and oxygen atoms in total. The van der Waals surface area contributed by atoms with Crippen molar-refractivity contribution in [1.29, 1.82) is 0 Å². The van der Waals surface area contributed by atoms with Gasteiger partial charge in [0.15, 0.2) is 0 Å². The molecule has 1 unspecified atom stereocenters. The van der Waals surface area contributed by atoms with Crippen molar-refractivity contribution >= 4 is 58.5 Å². The molecule has 0 radical (unpaired) electrons. The van der Waals surface area contributed by atoms with Gasteiger partial charge in [-0.1, -0.05) is 12.1 Å². The molecule has 148 valence electrons. The molecule has 2 aromatic carbocycles. The summed E-state index contributed by atoms with van der Waals surface area (Å²) in [4.78, 5) is 24.4. The lowest BCUT2D eigenvalue weighted by Crippen LogP contribution is -2.25. The topological polar surface area (TPSA) is 58.2 Å². The fourth-order valence-electron chi connectivity index (χ4n) is 2.56. The van der Waals surface area contributed by atoms with Crippen molar-refractivity contribution in [3.63, 3.8) is 0 Å². The minimum absolute atomic E-state index is 0.136. The third kappa shape index (κ3) is 6.18. The highest BCUT2D eigenvalue weighted by Crippen LogP contribution is 2.45. The average Bonchev–Trinajstić information content (AvgIpc) is 3.23. The van der Waals surface area contributed by atoms with Gasteiger partial charge >= 0.3 is 0 Å². The van der Waals surface area contributed by atoms with E-state index in [9.17, 15) is 14.0 Å². The van der Waals surface area contributed by atoms with Gasteiger partial charge in [-0.3, -0.25) is 9.59 Å². The third-order valence-corrected chi connectivity index (χ3v) is 8.26. The van der Waals surface area contributed by atoms with E-state index in [2.05, 4.69) is 16.7 Å². The first kappa shape index (κ1) is 21.1. The predicted molar refractivity (Wildman–Crippen MR) is 120 cm³/mol. The summed E-state index contributed by atoms with van der Waals surface area (Å²) >= 11 is 5.10. The molecular weight excluding hydrogens is 415 g/mol. The van der Waals surface area contributed by atoms with Gasteiger partial charge in [-0.25, -0.2) is 4.39 Å². The maximum absolute atomic E-state index is 12.9. The van der Waals surface area contributed by atoms with Crippen LogP contribution in [0.1, 0.15) is 17.1 Å². The summed E-state index contributed by atoms with van der Waals surface area (Å²) < 4.78 is 13.3. The molecule has 0 bridgehead atoms. The lowest BCUT2D eigenvalue weighted by atomic mass is 10.2. The number of carbonyl (C=O) groups is 2. The van der Waals surface area contributed by atoms with E-state index < -0.39 is 0 Å². The molecule has 1 fully saturated rings. The molecule has 2 N–H and O–H groups in total. The lowest BCUT2D eigenvalue weighted by molar-refractivity contribution is -0.115. The largest absolute Gasteiger partial charge is 0.325 e. The van der Waals surface area contributed by atoms with Crippen LogP contribution in [0.15, 0.2) is 48.5 Å². The lowest BCUT2D eigenvalue weighted by Gasteiger charge is -2.14. The molecule has 1 saturated heterocycles. The fourth-order valence-corrected chi connectivity index (χ4v) is 6.09. The van der Waals surface area contributed by atoms with E-state index >= 15 is 0 Å². The van der Waals surface area contributed by atoms with Crippen molar-refractivity contribution < 1.29 is 14.0 Å². The van der Waals surface area contributed by atoms with E-state index in [4.69, 9.17) is 0 Å². The molecule has 8 heteroatoms. The van der Waals surface area contributed by atoms with Crippen LogP contribution in [0.3, 0.4) is 0 Å². The second-order valence-electron chi connectivity index (χ2n) is 6.20. The molecule has 1 atom stereocenters. The Kier molecular flexibility index (Phi) is 7.70. The van der Waals surface area contributed by atoms with E-state index in [0.29, 0.717) is 10.3 Å². The zero-order valence-corrected chi connectivity index (χ0v) is 17.8. The van der Waals surface area contributed by atoms with Crippen LogP contribution in [-0.4, -0.2) is 34.3 Å². The van der Waals surface area contributed by atoms with Crippen molar-refractivity contribution in [1.82, 2.24) is 0 Å². The number of nitrogens with one attached hydrogen (secondary N) is 2. The number of halogens is 1. The van der Waals surface area contributed by atoms with Gasteiger partial charge in [0, 0.05) is 22.9 Å². The second-order valence-corrected chi connectivity index (χ2v) is 10.3. The maximum atomic E-state index is 12.9. The number of hydrogen-bond donors (Lipinski definition) is 2. The highest BCUT2D eigenvalue weighted by atomic mass is 32.2. The number of hydrogen-bond acceptors (Lipinski definition) is 5. The van der Waals surface area contributed by atoms with Crippen molar-refractivity contribution in [2.45, 2.75) is 16.8 Å². The number of rotatable bonds is 7. The van der Waals surface area contributed by atoms with Crippen LogP contribution >= 0.6 is 35.3 Å². The third-order valence-electron chi connectivity index (χ3n) is 4.01. The summed E-state index contributed by atoms with van der Waals surface area (Å²) in [6.45, 7) is 1.78. The van der Waals surface area contributed by atoms with Crippen LogP contribution in [0.2, 0.25) is 0 Å². The summed E-state index contributed by atoms with van der Waals surface area (Å²) in [6, 6.07) is 13.5. The van der Waals surface area contributed by atoms with Gasteiger partial charge in [0.25, 0.3) is 0 Å². The fraction of sp³-hybridized carbons (Fsp3) is 0.300. The van der Waals surface area contributed by atoms with Gasteiger partial charge in [0.2, 0.25) is 11.8 Å². The number of carbonyl (C=O) groups excluding carboxylic acids is 2. The Hall–Kier alpha value is -1.64. The van der Waals surface area contributed by atoms with Gasteiger partial charge in [-0.05, 0) is 48.9 Å². The van der Waals surface area contributed by atoms with Gasteiger partial charge < -0.3 is 10.6 Å². The highest BCUT2D eigenvalue weighted by molar-refractivity contribution is 8.19. The molecule has 2 amide bonds. The number of amides is 2. The predicted octanol–water partition coefficient (Wildman–Crippen LogP) is 5.00. The van der Waals surface area contributed by atoms with Crippen LogP contribution in [0.5, 0.6) is 0 Å². The normalized spacial score (nSPS) is 15.2. The van der Waals surface area contributed by atoms with Crippen molar-refractivity contribution in [3.05, 3.63) is 59.9 Å². The van der Waals surface area contributed by atoms with Crippen molar-refractivity contribution in [2.24, 2.45) is 0 Å². The Morgan fingerprint density at radius 2 is 1.82 bits per heavy atom. The average molecular weight is 437 g/mol. The molecule has 0 aliphatic carbocycles. The zero-order chi connectivity index (χ0) is 19.9. The Balaban J connectivity index is 1.47. The molecule has 0 saturated carbocycles. The summed E-state index contributed by atoms with van der Waals surface area (Å²) in [5.41, 5.74) is 2.52. The van der Waals surface area contributed by atoms with Crippen molar-refractivity contribution in [3.8, 4) is 0 Å². The Morgan fingerprint density at radius 1 is 1.11 bits per heavy atom. The molecule has 28 heavy (non-hydrogen) atoms. The first-order chi connectivity index (χ1) is 13.5. The Morgan fingerprint density at radius 3 is 2.54 bits per heavy atom. The quantitative estimate of drug-likeness (QED) is 0.639. The minimum Gasteiger partial charge on any atom is -0.325 e. The van der Waals surface area contributed by atoms with Crippen molar-refractivity contribution in [2.75, 3.05) is 27.9 Å². The second kappa shape index (κ2) is 10.2. The van der Waals surface area contributed by atoms with Crippen LogP contribution in [-0.2, 0) is 9.59 Å². The minimum atomic E-state index is -0.377. The van der Waals surface area contributed by atoms with Crippen LogP contribution in [0, 0.1) is 5.82 Å². The first-order valence-electron chi connectivity index (χ1n) is 8.82. The number of benzene rings is 2. The molecule has 0 aromatic heterocycles. The Labute approximate surface area is 176 Å². The SMILES string of the molecule is CC(SCC(=O)Nc1ccc(F)cc1)C(=O)Nc1cccc(C2SCCS2)c1. The van der Waals surface area contributed by atoms with Crippen LogP contribution in [0.4, 0.5) is 15.8 Å². The summed E-state index contributed by atoms with van der Waals surface area (Å²) in [5, 5.41) is 5.25.